The van der Waals surface area contributed by atoms with Gasteiger partial charge in [-0.2, -0.15) is 0 Å². The molecular formula is C18H13N3O2. The van der Waals surface area contributed by atoms with Crippen LogP contribution in [-0.4, -0.2) is 15.9 Å². The van der Waals surface area contributed by atoms with Crippen molar-refractivity contribution in [3.8, 4) is 11.8 Å². The highest BCUT2D eigenvalue weighted by molar-refractivity contribution is 5.96. The van der Waals surface area contributed by atoms with Crippen LogP contribution in [0.2, 0.25) is 0 Å². The lowest BCUT2D eigenvalue weighted by Gasteiger charge is -2.00. The Labute approximate surface area is 132 Å². The number of amides is 1. The number of benzene rings is 2. The molecule has 3 rings (SSSR count). The fourth-order valence-corrected chi connectivity index (χ4v) is 2.18. The number of nitrogens with zero attached hydrogens (tertiary/aromatic N) is 1. The van der Waals surface area contributed by atoms with Crippen LogP contribution in [0.3, 0.4) is 0 Å². The molecule has 0 aliphatic carbocycles. The number of carbonyl (C=O) groups excluding carboxylic acids is 1. The van der Waals surface area contributed by atoms with Crippen LogP contribution in [0.15, 0.2) is 59.7 Å². The van der Waals surface area contributed by atoms with Crippen molar-refractivity contribution in [3.05, 3.63) is 76.5 Å². The summed E-state index contributed by atoms with van der Waals surface area (Å²) in [7, 11) is 0. The van der Waals surface area contributed by atoms with Crippen molar-refractivity contribution < 1.29 is 4.79 Å². The van der Waals surface area contributed by atoms with Gasteiger partial charge in [0.15, 0.2) is 0 Å². The van der Waals surface area contributed by atoms with Gasteiger partial charge in [-0.25, -0.2) is 4.98 Å². The smallest absolute Gasteiger partial charge is 0.296 e. The number of hydrogen-bond acceptors (Lipinski definition) is 3. The third kappa shape index (κ3) is 3.63. The summed E-state index contributed by atoms with van der Waals surface area (Å²) in [4.78, 5) is 29.3. The monoisotopic (exact) mass is 303 g/mol. The number of aromatic nitrogens is 2. The van der Waals surface area contributed by atoms with Crippen molar-refractivity contribution in [2.24, 2.45) is 0 Å². The summed E-state index contributed by atoms with van der Waals surface area (Å²) in [5.41, 5.74) is 1.02. The molecule has 1 amide bonds. The number of H-pyrrole nitrogens is 1. The molecule has 23 heavy (non-hydrogen) atoms. The maximum Gasteiger partial charge on any atom is 0.296 e. The highest BCUT2D eigenvalue weighted by Gasteiger charge is 2.00. The standard InChI is InChI=1S/C18H13N3O2/c22-17(19-11-15-10-18(23)21-12-20-15)9-8-14-6-3-5-13-4-1-2-7-16(13)14/h1-7,10,12H,11H2,(H,19,22)(H,20,21,23). The van der Waals surface area contributed by atoms with Crippen LogP contribution >= 0.6 is 0 Å². The Morgan fingerprint density at radius 2 is 2.00 bits per heavy atom. The van der Waals surface area contributed by atoms with Crippen LogP contribution in [-0.2, 0) is 11.3 Å². The summed E-state index contributed by atoms with van der Waals surface area (Å²) in [6, 6.07) is 15.0. The van der Waals surface area contributed by atoms with Gasteiger partial charge >= 0.3 is 0 Å². The second-order valence-electron chi connectivity index (χ2n) is 4.86. The summed E-state index contributed by atoms with van der Waals surface area (Å²) in [6.07, 6.45) is 1.30. The number of carbonyl (C=O) groups is 1. The van der Waals surface area contributed by atoms with E-state index in [1.165, 1.54) is 12.4 Å². The van der Waals surface area contributed by atoms with Gasteiger partial charge in [-0.05, 0) is 16.8 Å². The normalized spacial score (nSPS) is 9.91. The Bertz CT molecular complexity index is 975. The van der Waals surface area contributed by atoms with E-state index in [1.54, 1.807) is 0 Å². The molecule has 0 saturated heterocycles. The van der Waals surface area contributed by atoms with Gasteiger partial charge in [0, 0.05) is 17.6 Å². The third-order valence-corrected chi connectivity index (χ3v) is 3.27. The lowest BCUT2D eigenvalue weighted by Crippen LogP contribution is -2.22. The molecule has 3 aromatic rings. The zero-order valence-corrected chi connectivity index (χ0v) is 12.2. The van der Waals surface area contributed by atoms with E-state index in [4.69, 9.17) is 0 Å². The zero-order chi connectivity index (χ0) is 16.1. The average molecular weight is 303 g/mol. The summed E-state index contributed by atoms with van der Waals surface area (Å²) in [5.74, 6) is 5.03. The largest absolute Gasteiger partial charge is 0.340 e. The quantitative estimate of drug-likeness (QED) is 0.706. The van der Waals surface area contributed by atoms with Crippen LogP contribution in [0.1, 0.15) is 11.3 Å². The van der Waals surface area contributed by atoms with Gasteiger partial charge in [0.1, 0.15) is 0 Å². The van der Waals surface area contributed by atoms with E-state index >= 15 is 0 Å². The second kappa shape index (κ2) is 6.58. The molecule has 0 spiro atoms. The van der Waals surface area contributed by atoms with Crippen molar-refractivity contribution in [2.45, 2.75) is 6.54 Å². The molecule has 0 unspecified atom stereocenters. The van der Waals surface area contributed by atoms with E-state index in [-0.39, 0.29) is 12.1 Å². The minimum Gasteiger partial charge on any atom is -0.340 e. The van der Waals surface area contributed by atoms with Gasteiger partial charge < -0.3 is 10.3 Å². The minimum atomic E-state index is -0.417. The SMILES string of the molecule is O=C(C#Cc1cccc2ccccc12)NCc1cc(=O)[nH]cn1. The highest BCUT2D eigenvalue weighted by Crippen LogP contribution is 2.17. The van der Waals surface area contributed by atoms with Crippen LogP contribution < -0.4 is 10.9 Å². The number of rotatable bonds is 2. The average Bonchev–Trinajstić information content (AvgIpc) is 2.58. The van der Waals surface area contributed by atoms with E-state index < -0.39 is 5.91 Å². The predicted octanol–water partition coefficient (Wildman–Crippen LogP) is 1.59. The summed E-state index contributed by atoms with van der Waals surface area (Å²) in [5, 5.41) is 4.70. The molecule has 1 heterocycles. The molecule has 0 aliphatic rings. The maximum absolute atomic E-state index is 11.8. The molecular weight excluding hydrogens is 290 g/mol. The molecule has 2 N–H and O–H groups in total. The van der Waals surface area contributed by atoms with Crippen molar-refractivity contribution in [1.82, 2.24) is 15.3 Å². The van der Waals surface area contributed by atoms with Crippen molar-refractivity contribution in [1.29, 1.82) is 0 Å². The minimum absolute atomic E-state index is 0.160. The van der Waals surface area contributed by atoms with Crippen molar-refractivity contribution in [3.63, 3.8) is 0 Å². The summed E-state index contributed by atoms with van der Waals surface area (Å²) < 4.78 is 0. The number of hydrogen-bond donors (Lipinski definition) is 2. The second-order valence-corrected chi connectivity index (χ2v) is 4.86. The van der Waals surface area contributed by atoms with E-state index in [1.807, 2.05) is 42.5 Å². The van der Waals surface area contributed by atoms with Crippen LogP contribution in [0.25, 0.3) is 10.8 Å². The Morgan fingerprint density at radius 3 is 2.87 bits per heavy atom. The van der Waals surface area contributed by atoms with E-state index in [0.717, 1.165) is 16.3 Å². The number of aromatic amines is 1. The molecule has 0 fully saturated rings. The molecule has 0 bridgehead atoms. The summed E-state index contributed by atoms with van der Waals surface area (Å²) >= 11 is 0. The first-order valence-corrected chi connectivity index (χ1v) is 7.03. The van der Waals surface area contributed by atoms with E-state index in [2.05, 4.69) is 27.1 Å². The fourth-order valence-electron chi connectivity index (χ4n) is 2.18. The first-order chi connectivity index (χ1) is 11.2. The lowest BCUT2D eigenvalue weighted by molar-refractivity contribution is -0.115. The molecule has 0 radical (unpaired) electrons. The van der Waals surface area contributed by atoms with Crippen molar-refractivity contribution in [2.75, 3.05) is 0 Å². The van der Waals surface area contributed by atoms with Crippen molar-refractivity contribution >= 4 is 16.7 Å². The zero-order valence-electron chi connectivity index (χ0n) is 12.2. The first kappa shape index (κ1) is 14.5. The van der Waals surface area contributed by atoms with Crippen LogP contribution in [0, 0.1) is 11.8 Å². The highest BCUT2D eigenvalue weighted by atomic mass is 16.1. The number of nitrogens with one attached hydrogen (secondary N) is 2. The van der Waals surface area contributed by atoms with Gasteiger partial charge in [-0.1, -0.05) is 42.3 Å². The molecule has 0 aliphatic heterocycles. The Kier molecular flexibility index (Phi) is 4.16. The topological polar surface area (TPSA) is 74.8 Å². The maximum atomic E-state index is 11.8. The molecule has 0 saturated carbocycles. The molecule has 0 atom stereocenters. The third-order valence-electron chi connectivity index (χ3n) is 3.27. The number of fused-ring (bicyclic) bond motifs is 1. The van der Waals surface area contributed by atoms with E-state index in [0.29, 0.717) is 5.69 Å². The van der Waals surface area contributed by atoms with Crippen LogP contribution in [0.4, 0.5) is 0 Å². The fraction of sp³-hybridized carbons (Fsp3) is 0.0556. The molecule has 112 valence electrons. The van der Waals surface area contributed by atoms with E-state index in [9.17, 15) is 9.59 Å². The Hall–Kier alpha value is -3.39. The lowest BCUT2D eigenvalue weighted by atomic mass is 10.1. The van der Waals surface area contributed by atoms with Crippen LogP contribution in [0.5, 0.6) is 0 Å². The van der Waals surface area contributed by atoms with Gasteiger partial charge in [-0.15, -0.1) is 0 Å². The predicted molar refractivity (Wildman–Crippen MR) is 87.5 cm³/mol. The summed E-state index contributed by atoms with van der Waals surface area (Å²) in [6.45, 7) is 0.160. The Balaban J connectivity index is 1.73. The molecule has 5 nitrogen and oxygen atoms in total. The molecule has 5 heteroatoms. The Morgan fingerprint density at radius 1 is 1.17 bits per heavy atom. The van der Waals surface area contributed by atoms with Gasteiger partial charge in [0.2, 0.25) is 0 Å². The van der Waals surface area contributed by atoms with Gasteiger partial charge in [0.05, 0.1) is 18.6 Å². The molecule has 1 aromatic heterocycles. The first-order valence-electron chi connectivity index (χ1n) is 7.03. The van der Waals surface area contributed by atoms with Gasteiger partial charge in [0.25, 0.3) is 11.5 Å². The molecule has 2 aromatic carbocycles. The van der Waals surface area contributed by atoms with Gasteiger partial charge in [-0.3, -0.25) is 9.59 Å².